The number of hydrogen-bond donors (Lipinski definition) is 8. The lowest BCUT2D eigenvalue weighted by Crippen LogP contribution is -2.15. The third-order valence-electron chi connectivity index (χ3n) is 18.7. The molecule has 8 nitrogen and oxygen atoms in total. The van der Waals surface area contributed by atoms with Crippen LogP contribution in [0.15, 0.2) is 97.1 Å². The standard InChI is InChI=1S/C80H94O8/c1-75(2,3)61-31-49-23-45-19-43(20-46(67(45)81)24-50-32-62(76(4,5)6)36-54(70(50)84)28-58-40-65(79(13,14)15)39-57(73(58)87)27-53(35-61)69(49)83)44-21-47-25-51-33-63(77(7,8)9)37-55(71(51)85)29-59-41-66(80(16,17)18)42-60(74(59)88)30-56-38-64(78(10,11)12)34-52(72(56)86)26-48(22-44)68(47)82/h19-22,31-42,81-88H,23-30H2,1-18H3. The minimum Gasteiger partial charge on any atom is -0.507 e. The van der Waals surface area contributed by atoms with Gasteiger partial charge in [-0.05, 0) is 190 Å². The Morgan fingerprint density at radius 2 is 0.261 bits per heavy atom. The molecule has 0 spiro atoms. The van der Waals surface area contributed by atoms with Crippen LogP contribution >= 0.6 is 0 Å². The Labute approximate surface area is 523 Å². The maximum Gasteiger partial charge on any atom is 0.122 e. The lowest BCUT2D eigenvalue weighted by molar-refractivity contribution is 0.447. The van der Waals surface area contributed by atoms with E-state index in [9.17, 15) is 40.9 Å². The van der Waals surface area contributed by atoms with Crippen molar-refractivity contribution in [3.8, 4) is 57.1 Å². The summed E-state index contributed by atoms with van der Waals surface area (Å²) in [6.07, 6.45) is 1.36. The van der Waals surface area contributed by atoms with Gasteiger partial charge in [-0.25, -0.2) is 0 Å². The highest BCUT2D eigenvalue weighted by Crippen LogP contribution is 2.47. The average molecular weight is 1180 g/mol. The van der Waals surface area contributed by atoms with Crippen molar-refractivity contribution in [3.63, 3.8) is 0 Å². The van der Waals surface area contributed by atoms with Crippen molar-refractivity contribution in [1.29, 1.82) is 0 Å². The van der Waals surface area contributed by atoms with Crippen LogP contribution in [0, 0.1) is 0 Å². The van der Waals surface area contributed by atoms with E-state index in [1.807, 2.05) is 97.1 Å². The highest BCUT2D eigenvalue weighted by molar-refractivity contribution is 5.73. The van der Waals surface area contributed by atoms with E-state index in [2.05, 4.69) is 125 Å². The molecule has 0 saturated carbocycles. The first kappa shape index (κ1) is 63.2. The molecule has 10 rings (SSSR count). The van der Waals surface area contributed by atoms with Crippen molar-refractivity contribution >= 4 is 0 Å². The topological polar surface area (TPSA) is 162 Å². The zero-order valence-corrected chi connectivity index (χ0v) is 55.5. The highest BCUT2D eigenvalue weighted by Gasteiger charge is 2.31. The third kappa shape index (κ3) is 12.6. The quantitative estimate of drug-likeness (QED) is 0.0806. The second-order valence-electron chi connectivity index (χ2n) is 32.1. The van der Waals surface area contributed by atoms with E-state index in [1.54, 1.807) is 0 Å². The predicted molar refractivity (Wildman–Crippen MR) is 358 cm³/mol. The maximum absolute atomic E-state index is 12.9. The van der Waals surface area contributed by atoms with E-state index < -0.39 is 0 Å². The van der Waals surface area contributed by atoms with Crippen LogP contribution in [0.1, 0.15) is 247 Å². The molecule has 0 atom stereocenters. The van der Waals surface area contributed by atoms with E-state index in [-0.39, 0.29) is 130 Å². The summed E-state index contributed by atoms with van der Waals surface area (Å²) in [5.74, 6) is 0.596. The van der Waals surface area contributed by atoms with E-state index in [0.29, 0.717) is 100 Å². The molecule has 0 amide bonds. The fourth-order valence-corrected chi connectivity index (χ4v) is 12.8. The molecule has 8 N–H and O–H groups in total. The van der Waals surface area contributed by atoms with Crippen molar-refractivity contribution < 1.29 is 40.9 Å². The van der Waals surface area contributed by atoms with E-state index >= 15 is 0 Å². The zero-order chi connectivity index (χ0) is 64.4. The van der Waals surface area contributed by atoms with Crippen molar-refractivity contribution in [3.05, 3.63) is 219 Å². The second kappa shape index (κ2) is 22.0. The number of benzene rings is 8. The average Bonchev–Trinajstić information content (AvgIpc) is 2.01. The van der Waals surface area contributed by atoms with Crippen molar-refractivity contribution in [1.82, 2.24) is 0 Å². The Morgan fingerprint density at radius 1 is 0.170 bits per heavy atom. The smallest absolute Gasteiger partial charge is 0.122 e. The Bertz CT molecular complexity index is 3610. The van der Waals surface area contributed by atoms with E-state index in [1.165, 1.54) is 0 Å². The lowest BCUT2D eigenvalue weighted by atomic mass is 9.79. The molecule has 0 aromatic heterocycles. The summed E-state index contributed by atoms with van der Waals surface area (Å²) in [5, 5.41) is 101. The number of fused-ring (bicyclic) bond motifs is 16. The molecule has 2 aliphatic rings. The summed E-state index contributed by atoms with van der Waals surface area (Å²) >= 11 is 0. The van der Waals surface area contributed by atoms with Gasteiger partial charge in [0, 0.05) is 51.4 Å². The number of phenolic OH excluding ortho intramolecular Hbond substituents is 8. The molecular weight excluding hydrogens is 1090 g/mol. The third-order valence-corrected chi connectivity index (χ3v) is 18.7. The Hall–Kier alpha value is -7.84. The molecule has 0 aliphatic heterocycles. The van der Waals surface area contributed by atoms with Crippen LogP contribution in [-0.2, 0) is 83.9 Å². The lowest BCUT2D eigenvalue weighted by Gasteiger charge is -2.26. The van der Waals surface area contributed by atoms with Gasteiger partial charge in [-0.2, -0.15) is 0 Å². The van der Waals surface area contributed by atoms with Crippen molar-refractivity contribution in [2.24, 2.45) is 0 Å². The first-order valence-corrected chi connectivity index (χ1v) is 31.4. The fraction of sp³-hybridized carbons (Fsp3) is 0.400. The molecule has 16 bridgehead atoms. The van der Waals surface area contributed by atoms with Crippen molar-refractivity contribution in [2.45, 2.75) is 208 Å². The molecule has 8 aromatic rings. The molecule has 0 radical (unpaired) electrons. The number of phenols is 8. The monoisotopic (exact) mass is 1180 g/mol. The first-order chi connectivity index (χ1) is 40.6. The number of aromatic hydroxyl groups is 8. The Balaban J connectivity index is 1.26. The van der Waals surface area contributed by atoms with Crippen LogP contribution in [0.25, 0.3) is 11.1 Å². The highest BCUT2D eigenvalue weighted by atomic mass is 16.3. The SMILES string of the molecule is CC(C)(C)c1cc2c(O)c(c1)Cc1cc(C(C)(C)C)cc(c1O)Cc1cc(C(C)(C)C)cc(c1O)Cc1cc(-c3cc4c(O)c(c3)Cc3cc(C(C)(C)C)cc(c3O)Cc3cc(C(C)(C)C)cc(c3O)Cc3cc(C(C)(C)C)cc(c3O)C4)cc(c1O)C2. The predicted octanol–water partition coefficient (Wildman–Crippen LogP) is 18.1. The van der Waals surface area contributed by atoms with Gasteiger partial charge in [-0.15, -0.1) is 0 Å². The summed E-state index contributed by atoms with van der Waals surface area (Å²) in [7, 11) is 0. The first-order valence-electron chi connectivity index (χ1n) is 31.4. The van der Waals surface area contributed by atoms with Crippen LogP contribution in [-0.4, -0.2) is 40.9 Å². The summed E-state index contributed by atoms with van der Waals surface area (Å²) in [6, 6.07) is 32.2. The molecule has 0 heterocycles. The summed E-state index contributed by atoms with van der Waals surface area (Å²) in [5.41, 5.74) is 15.2. The number of rotatable bonds is 1. The fourth-order valence-electron chi connectivity index (χ4n) is 12.8. The molecule has 8 aromatic carbocycles. The summed E-state index contributed by atoms with van der Waals surface area (Å²) < 4.78 is 0. The van der Waals surface area contributed by atoms with Crippen LogP contribution in [0.3, 0.4) is 0 Å². The van der Waals surface area contributed by atoms with Gasteiger partial charge < -0.3 is 40.9 Å². The van der Waals surface area contributed by atoms with Gasteiger partial charge in [0.1, 0.15) is 46.0 Å². The van der Waals surface area contributed by atoms with Crippen LogP contribution in [0.2, 0.25) is 0 Å². The minimum atomic E-state index is -0.348. The van der Waals surface area contributed by atoms with Crippen LogP contribution in [0.5, 0.6) is 46.0 Å². The van der Waals surface area contributed by atoms with E-state index in [0.717, 1.165) is 33.4 Å². The molecule has 2 aliphatic carbocycles. The Kier molecular flexibility index (Phi) is 15.8. The van der Waals surface area contributed by atoms with Gasteiger partial charge in [0.05, 0.1) is 0 Å². The summed E-state index contributed by atoms with van der Waals surface area (Å²) in [6.45, 7) is 38.5. The Morgan fingerprint density at radius 3 is 0.352 bits per heavy atom. The van der Waals surface area contributed by atoms with Gasteiger partial charge in [-0.1, -0.05) is 197 Å². The normalized spacial score (nSPS) is 14.2. The zero-order valence-electron chi connectivity index (χ0n) is 55.5. The van der Waals surface area contributed by atoms with Gasteiger partial charge in [0.2, 0.25) is 0 Å². The van der Waals surface area contributed by atoms with Gasteiger partial charge in [-0.3, -0.25) is 0 Å². The summed E-state index contributed by atoms with van der Waals surface area (Å²) in [4.78, 5) is 0. The molecule has 0 fully saturated rings. The van der Waals surface area contributed by atoms with E-state index in [4.69, 9.17) is 0 Å². The molecule has 8 heteroatoms. The second-order valence-corrected chi connectivity index (χ2v) is 32.1. The van der Waals surface area contributed by atoms with Crippen molar-refractivity contribution in [2.75, 3.05) is 0 Å². The molecule has 462 valence electrons. The van der Waals surface area contributed by atoms with Gasteiger partial charge in [0.25, 0.3) is 0 Å². The molecule has 0 unspecified atom stereocenters. The molecular formula is C80H94O8. The van der Waals surface area contributed by atoms with Crippen LogP contribution < -0.4 is 0 Å². The minimum absolute atomic E-state index is 0.0248. The largest absolute Gasteiger partial charge is 0.507 e. The molecule has 88 heavy (non-hydrogen) atoms. The van der Waals surface area contributed by atoms with Gasteiger partial charge in [0.15, 0.2) is 0 Å². The van der Waals surface area contributed by atoms with Gasteiger partial charge >= 0.3 is 0 Å². The van der Waals surface area contributed by atoms with Crippen LogP contribution in [0.4, 0.5) is 0 Å². The number of hydrogen-bond acceptors (Lipinski definition) is 8. The molecule has 0 saturated heterocycles. The maximum atomic E-state index is 12.9.